The van der Waals surface area contributed by atoms with Gasteiger partial charge in [-0.05, 0) is 57.0 Å². The van der Waals surface area contributed by atoms with Crippen LogP contribution < -0.4 is 14.4 Å². The lowest BCUT2D eigenvalue weighted by Crippen LogP contribution is -2.40. The summed E-state index contributed by atoms with van der Waals surface area (Å²) in [5.74, 6) is -0.0456. The molecule has 3 rings (SSSR count). The number of nitrogens with one attached hydrogen (secondary N) is 1. The van der Waals surface area contributed by atoms with Crippen LogP contribution in [0.1, 0.15) is 36.7 Å². The van der Waals surface area contributed by atoms with E-state index >= 15 is 0 Å². The van der Waals surface area contributed by atoms with Crippen LogP contribution in [-0.2, 0) is 16.4 Å². The van der Waals surface area contributed by atoms with Gasteiger partial charge in [0.1, 0.15) is 5.75 Å². The minimum Gasteiger partial charge on any atom is -0.496 e. The first-order chi connectivity index (χ1) is 12.6. The largest absolute Gasteiger partial charge is 0.496 e. The van der Waals surface area contributed by atoms with E-state index in [0.717, 1.165) is 5.56 Å². The summed E-state index contributed by atoms with van der Waals surface area (Å²) in [7, 11) is -2.33. The fourth-order valence-electron chi connectivity index (χ4n) is 3.12. The number of methoxy groups -OCH3 is 1. The van der Waals surface area contributed by atoms with Crippen molar-refractivity contribution in [2.45, 2.75) is 37.6 Å². The van der Waals surface area contributed by atoms with Crippen molar-refractivity contribution in [2.24, 2.45) is 0 Å². The summed E-state index contributed by atoms with van der Waals surface area (Å²) in [5.41, 5.74) is 1.43. The SMILES string of the molecule is COc1ccc(S(=O)(=O)N2CCc3ccccc32)cc1C(=O)NC(C)(C)C. The smallest absolute Gasteiger partial charge is 0.264 e. The Kier molecular flexibility index (Phi) is 4.90. The van der Waals surface area contributed by atoms with Gasteiger partial charge in [-0.15, -0.1) is 0 Å². The lowest BCUT2D eigenvalue weighted by atomic mass is 10.1. The molecule has 1 N–H and O–H groups in total. The monoisotopic (exact) mass is 388 g/mol. The fraction of sp³-hybridized carbons (Fsp3) is 0.350. The van der Waals surface area contributed by atoms with E-state index in [0.29, 0.717) is 24.4 Å². The van der Waals surface area contributed by atoms with Gasteiger partial charge in [0.05, 0.1) is 23.3 Å². The molecule has 0 saturated heterocycles. The molecule has 0 radical (unpaired) electrons. The maximum atomic E-state index is 13.2. The van der Waals surface area contributed by atoms with Crippen LogP contribution in [0.5, 0.6) is 5.75 Å². The second-order valence-electron chi connectivity index (χ2n) is 7.52. The van der Waals surface area contributed by atoms with Crippen LogP contribution >= 0.6 is 0 Å². The molecule has 0 atom stereocenters. The summed E-state index contributed by atoms with van der Waals surface area (Å²) in [6, 6.07) is 11.8. The van der Waals surface area contributed by atoms with E-state index in [9.17, 15) is 13.2 Å². The second kappa shape index (κ2) is 6.88. The number of sulfonamides is 1. The van der Waals surface area contributed by atoms with Crippen molar-refractivity contribution in [2.75, 3.05) is 18.0 Å². The summed E-state index contributed by atoms with van der Waals surface area (Å²) >= 11 is 0. The van der Waals surface area contributed by atoms with E-state index in [-0.39, 0.29) is 16.4 Å². The highest BCUT2D eigenvalue weighted by Crippen LogP contribution is 2.34. The van der Waals surface area contributed by atoms with Gasteiger partial charge >= 0.3 is 0 Å². The van der Waals surface area contributed by atoms with Crippen molar-refractivity contribution in [3.63, 3.8) is 0 Å². The predicted octanol–water partition coefficient (Wildman–Crippen LogP) is 2.97. The predicted molar refractivity (Wildman–Crippen MR) is 105 cm³/mol. The molecule has 1 aliphatic rings. The zero-order valence-corrected chi connectivity index (χ0v) is 16.8. The molecular formula is C20H24N2O4S. The van der Waals surface area contributed by atoms with Crippen molar-refractivity contribution >= 4 is 21.6 Å². The molecule has 0 aromatic heterocycles. The molecule has 1 aliphatic heterocycles. The third-order valence-electron chi connectivity index (χ3n) is 4.34. The molecule has 0 bridgehead atoms. The van der Waals surface area contributed by atoms with Gasteiger partial charge in [-0.1, -0.05) is 18.2 Å². The fourth-order valence-corrected chi connectivity index (χ4v) is 4.65. The molecule has 1 amide bonds. The Morgan fingerprint density at radius 3 is 2.52 bits per heavy atom. The van der Waals surface area contributed by atoms with Crippen molar-refractivity contribution in [1.82, 2.24) is 5.32 Å². The lowest BCUT2D eigenvalue weighted by molar-refractivity contribution is 0.0916. The molecule has 1 heterocycles. The number of amides is 1. The van der Waals surface area contributed by atoms with Crippen molar-refractivity contribution in [3.05, 3.63) is 53.6 Å². The van der Waals surface area contributed by atoms with E-state index in [1.807, 2.05) is 39.0 Å². The van der Waals surface area contributed by atoms with Crippen molar-refractivity contribution in [1.29, 1.82) is 0 Å². The van der Waals surface area contributed by atoms with Crippen molar-refractivity contribution in [3.8, 4) is 5.75 Å². The number of rotatable bonds is 4. The molecule has 27 heavy (non-hydrogen) atoms. The number of benzene rings is 2. The van der Waals surface area contributed by atoms with Crippen LogP contribution in [0.4, 0.5) is 5.69 Å². The highest BCUT2D eigenvalue weighted by atomic mass is 32.2. The lowest BCUT2D eigenvalue weighted by Gasteiger charge is -2.23. The molecule has 6 nitrogen and oxygen atoms in total. The summed E-state index contributed by atoms with van der Waals surface area (Å²) in [6.45, 7) is 5.97. The third kappa shape index (κ3) is 3.78. The molecule has 2 aromatic carbocycles. The number of hydrogen-bond acceptors (Lipinski definition) is 4. The molecule has 2 aromatic rings. The van der Waals surface area contributed by atoms with Crippen LogP contribution in [0, 0.1) is 0 Å². The first-order valence-electron chi connectivity index (χ1n) is 8.75. The molecule has 7 heteroatoms. The Morgan fingerprint density at radius 2 is 1.85 bits per heavy atom. The Bertz CT molecular complexity index is 978. The van der Waals surface area contributed by atoms with Crippen LogP contribution in [0.2, 0.25) is 0 Å². The molecular weight excluding hydrogens is 364 g/mol. The molecule has 0 spiro atoms. The number of hydrogen-bond donors (Lipinski definition) is 1. The van der Waals surface area contributed by atoms with E-state index in [2.05, 4.69) is 5.32 Å². The van der Waals surface area contributed by atoms with Gasteiger partial charge in [0, 0.05) is 12.1 Å². The second-order valence-corrected chi connectivity index (χ2v) is 9.38. The first kappa shape index (κ1) is 19.2. The van der Waals surface area contributed by atoms with Gasteiger partial charge in [-0.2, -0.15) is 0 Å². The zero-order chi connectivity index (χ0) is 19.8. The summed E-state index contributed by atoms with van der Waals surface area (Å²) < 4.78 is 33.1. The Hall–Kier alpha value is -2.54. The summed E-state index contributed by atoms with van der Waals surface area (Å²) in [4.78, 5) is 12.7. The highest BCUT2D eigenvalue weighted by Gasteiger charge is 2.31. The van der Waals surface area contributed by atoms with Gasteiger partial charge in [0.2, 0.25) is 0 Å². The minimum atomic E-state index is -3.78. The maximum absolute atomic E-state index is 13.2. The number of carbonyl (C=O) groups excluding carboxylic acids is 1. The normalized spacial score (nSPS) is 14.0. The summed E-state index contributed by atoms with van der Waals surface area (Å²) in [5, 5.41) is 2.85. The van der Waals surface area contributed by atoms with Crippen LogP contribution in [0.25, 0.3) is 0 Å². The average Bonchev–Trinajstić information content (AvgIpc) is 3.04. The highest BCUT2D eigenvalue weighted by molar-refractivity contribution is 7.92. The van der Waals surface area contributed by atoms with E-state index in [1.165, 1.54) is 29.6 Å². The van der Waals surface area contributed by atoms with Gasteiger partial charge in [-0.3, -0.25) is 9.10 Å². The third-order valence-corrected chi connectivity index (χ3v) is 6.15. The molecule has 0 aliphatic carbocycles. The van der Waals surface area contributed by atoms with Crippen LogP contribution in [0.15, 0.2) is 47.4 Å². The van der Waals surface area contributed by atoms with Gasteiger partial charge in [0.15, 0.2) is 0 Å². The van der Waals surface area contributed by atoms with Gasteiger partial charge in [-0.25, -0.2) is 8.42 Å². The minimum absolute atomic E-state index is 0.0686. The maximum Gasteiger partial charge on any atom is 0.264 e. The number of para-hydroxylation sites is 1. The van der Waals surface area contributed by atoms with Crippen LogP contribution in [-0.4, -0.2) is 33.5 Å². The van der Waals surface area contributed by atoms with Gasteiger partial charge in [0.25, 0.3) is 15.9 Å². The first-order valence-corrected chi connectivity index (χ1v) is 10.2. The zero-order valence-electron chi connectivity index (χ0n) is 15.9. The van der Waals surface area contributed by atoms with Crippen molar-refractivity contribution < 1.29 is 17.9 Å². The molecule has 144 valence electrons. The van der Waals surface area contributed by atoms with E-state index in [1.54, 1.807) is 6.07 Å². The molecule has 0 unspecified atom stereocenters. The van der Waals surface area contributed by atoms with E-state index < -0.39 is 15.6 Å². The number of anilines is 1. The van der Waals surface area contributed by atoms with Crippen LogP contribution in [0.3, 0.4) is 0 Å². The number of ether oxygens (including phenoxy) is 1. The summed E-state index contributed by atoms with van der Waals surface area (Å²) in [6.07, 6.45) is 0.670. The topological polar surface area (TPSA) is 75.7 Å². The Labute approximate surface area is 160 Å². The Morgan fingerprint density at radius 1 is 1.15 bits per heavy atom. The molecule has 0 fully saturated rings. The standard InChI is InChI=1S/C20H24N2O4S/c1-20(2,3)21-19(23)16-13-15(9-10-18(16)26-4)27(24,25)22-12-11-14-7-5-6-8-17(14)22/h5-10,13H,11-12H2,1-4H3,(H,21,23). The number of carbonyl (C=O) groups is 1. The van der Waals surface area contributed by atoms with E-state index in [4.69, 9.17) is 4.74 Å². The molecule has 0 saturated carbocycles. The Balaban J connectivity index is 2.02. The number of nitrogens with zero attached hydrogens (tertiary/aromatic N) is 1. The van der Waals surface area contributed by atoms with Gasteiger partial charge < -0.3 is 10.1 Å². The quantitative estimate of drug-likeness (QED) is 0.874. The average molecular weight is 388 g/mol. The number of fused-ring (bicyclic) bond motifs is 1.